The van der Waals surface area contributed by atoms with E-state index >= 15 is 0 Å². The number of ether oxygens (including phenoxy) is 1. The first kappa shape index (κ1) is 19.2. The molecule has 0 aromatic carbocycles. The highest BCUT2D eigenvalue weighted by molar-refractivity contribution is 7.08. The normalized spacial score (nSPS) is 28.8. The maximum atomic E-state index is 10.6. The topological polar surface area (TPSA) is 65.9 Å². The molecule has 0 bridgehead atoms. The lowest BCUT2D eigenvalue weighted by atomic mass is 9.56. The highest BCUT2D eigenvalue weighted by Crippen LogP contribution is 2.51. The molecule has 2 rings (SSSR count). The van der Waals surface area contributed by atoms with Gasteiger partial charge in [0.25, 0.3) is 0 Å². The van der Waals surface area contributed by atoms with E-state index in [-0.39, 0.29) is 17.1 Å². The zero-order chi connectivity index (χ0) is 18.0. The standard InChI is InChI=1S/C18H31N3O2S/c1-7-19-15(20-12-17(4,22)13-8-9-24-11-13)21-14-10-18(5,23-6)16(14,2)3/h8-9,11,14,22H,7,10,12H2,1-6H3,(H2,19,20,21). The van der Waals surface area contributed by atoms with Gasteiger partial charge in [-0.25, -0.2) is 4.99 Å². The molecule has 0 aliphatic heterocycles. The van der Waals surface area contributed by atoms with Gasteiger partial charge in [0.1, 0.15) is 5.60 Å². The Balaban J connectivity index is 2.05. The molecule has 0 radical (unpaired) electrons. The summed E-state index contributed by atoms with van der Waals surface area (Å²) in [7, 11) is 1.77. The Bertz CT molecular complexity index is 569. The van der Waals surface area contributed by atoms with E-state index in [4.69, 9.17) is 4.74 Å². The minimum absolute atomic E-state index is 0.00776. The third kappa shape index (κ3) is 3.60. The lowest BCUT2D eigenvalue weighted by molar-refractivity contribution is -0.176. The number of rotatable bonds is 6. The number of hydrogen-bond acceptors (Lipinski definition) is 4. The fourth-order valence-electron chi connectivity index (χ4n) is 3.10. The fraction of sp³-hybridized carbons (Fsp3) is 0.722. The van der Waals surface area contributed by atoms with E-state index in [1.807, 2.05) is 23.8 Å². The van der Waals surface area contributed by atoms with Crippen molar-refractivity contribution in [3.05, 3.63) is 22.4 Å². The quantitative estimate of drug-likeness (QED) is 0.543. The smallest absolute Gasteiger partial charge is 0.191 e. The molecular weight excluding hydrogens is 322 g/mol. The monoisotopic (exact) mass is 353 g/mol. The van der Waals surface area contributed by atoms with Gasteiger partial charge in [0.2, 0.25) is 0 Å². The number of methoxy groups -OCH3 is 1. The molecule has 3 N–H and O–H groups in total. The fourth-order valence-corrected chi connectivity index (χ4v) is 3.89. The lowest BCUT2D eigenvalue weighted by Crippen LogP contribution is -2.69. The maximum Gasteiger partial charge on any atom is 0.191 e. The Morgan fingerprint density at radius 1 is 1.50 bits per heavy atom. The molecule has 3 atom stereocenters. The lowest BCUT2D eigenvalue weighted by Gasteiger charge is -2.59. The number of nitrogens with one attached hydrogen (secondary N) is 2. The van der Waals surface area contributed by atoms with Crippen LogP contribution in [-0.2, 0) is 10.3 Å². The Labute approximate surface area is 149 Å². The van der Waals surface area contributed by atoms with Gasteiger partial charge in [-0.3, -0.25) is 0 Å². The van der Waals surface area contributed by atoms with Crippen LogP contribution in [0.25, 0.3) is 0 Å². The number of hydrogen-bond donors (Lipinski definition) is 3. The van der Waals surface area contributed by atoms with Crippen LogP contribution < -0.4 is 10.6 Å². The number of thiophene rings is 1. The van der Waals surface area contributed by atoms with Gasteiger partial charge in [-0.2, -0.15) is 11.3 Å². The molecule has 0 saturated heterocycles. The van der Waals surface area contributed by atoms with Crippen LogP contribution in [0.5, 0.6) is 0 Å². The summed E-state index contributed by atoms with van der Waals surface area (Å²) >= 11 is 1.58. The third-order valence-corrected chi connectivity index (χ3v) is 6.30. The second-order valence-corrected chi connectivity index (χ2v) is 8.32. The van der Waals surface area contributed by atoms with E-state index in [9.17, 15) is 5.11 Å². The first-order valence-corrected chi connectivity index (χ1v) is 9.45. The average Bonchev–Trinajstić information content (AvgIpc) is 3.07. The molecule has 1 fully saturated rings. The van der Waals surface area contributed by atoms with E-state index in [0.717, 1.165) is 24.5 Å². The minimum Gasteiger partial charge on any atom is -0.383 e. The van der Waals surface area contributed by atoms with Gasteiger partial charge in [0.15, 0.2) is 5.96 Å². The summed E-state index contributed by atoms with van der Waals surface area (Å²) in [4.78, 5) is 4.61. The molecule has 1 aliphatic carbocycles. The van der Waals surface area contributed by atoms with Crippen LogP contribution in [0.3, 0.4) is 0 Å². The van der Waals surface area contributed by atoms with Crippen molar-refractivity contribution in [3.63, 3.8) is 0 Å². The number of aliphatic hydroxyl groups is 1. The number of aliphatic imine (C=N–C) groups is 1. The Morgan fingerprint density at radius 2 is 2.21 bits per heavy atom. The SMILES string of the molecule is CCNC(=NCC(C)(O)c1ccsc1)NC1CC(C)(OC)C1(C)C. The minimum atomic E-state index is -0.960. The molecule has 3 unspecified atom stereocenters. The van der Waals surface area contributed by atoms with Gasteiger partial charge in [-0.05, 0) is 49.6 Å². The summed E-state index contributed by atoms with van der Waals surface area (Å²) in [5.41, 5.74) is -0.167. The summed E-state index contributed by atoms with van der Waals surface area (Å²) in [6.45, 7) is 11.5. The molecule has 5 nitrogen and oxygen atoms in total. The second-order valence-electron chi connectivity index (χ2n) is 7.54. The van der Waals surface area contributed by atoms with Crippen molar-refractivity contribution in [2.45, 2.75) is 58.3 Å². The summed E-state index contributed by atoms with van der Waals surface area (Å²) in [5.74, 6) is 0.740. The van der Waals surface area contributed by atoms with Crippen molar-refractivity contribution in [2.24, 2.45) is 10.4 Å². The van der Waals surface area contributed by atoms with E-state index in [1.165, 1.54) is 0 Å². The Morgan fingerprint density at radius 3 is 2.71 bits per heavy atom. The Hall–Kier alpha value is -1.11. The van der Waals surface area contributed by atoms with Crippen LogP contribution in [0, 0.1) is 5.41 Å². The summed E-state index contributed by atoms with van der Waals surface area (Å²) in [6, 6.07) is 2.23. The van der Waals surface area contributed by atoms with Crippen molar-refractivity contribution in [1.29, 1.82) is 0 Å². The molecule has 0 amide bonds. The molecule has 6 heteroatoms. The van der Waals surface area contributed by atoms with Crippen LogP contribution in [0.15, 0.2) is 21.8 Å². The van der Waals surface area contributed by atoms with Crippen molar-refractivity contribution < 1.29 is 9.84 Å². The number of nitrogens with zero attached hydrogens (tertiary/aromatic N) is 1. The first-order valence-electron chi connectivity index (χ1n) is 8.51. The first-order chi connectivity index (χ1) is 11.2. The third-order valence-electron chi connectivity index (χ3n) is 5.62. The van der Waals surface area contributed by atoms with Crippen LogP contribution in [-0.4, -0.2) is 42.9 Å². The molecule has 1 aromatic rings. The summed E-state index contributed by atoms with van der Waals surface area (Å²) in [5, 5.41) is 21.4. The van der Waals surface area contributed by atoms with Crippen molar-refractivity contribution >= 4 is 17.3 Å². The zero-order valence-electron chi connectivity index (χ0n) is 15.6. The molecular formula is C18H31N3O2S. The molecule has 136 valence electrons. The predicted molar refractivity (Wildman–Crippen MR) is 101 cm³/mol. The van der Waals surface area contributed by atoms with Crippen LogP contribution in [0.4, 0.5) is 0 Å². The predicted octanol–water partition coefficient (Wildman–Crippen LogP) is 2.71. The van der Waals surface area contributed by atoms with Crippen molar-refractivity contribution in [1.82, 2.24) is 10.6 Å². The Kier molecular flexibility index (Phi) is 5.62. The van der Waals surface area contributed by atoms with Gasteiger partial charge < -0.3 is 20.5 Å². The van der Waals surface area contributed by atoms with Gasteiger partial charge in [-0.15, -0.1) is 0 Å². The van der Waals surface area contributed by atoms with Crippen molar-refractivity contribution in [2.75, 3.05) is 20.2 Å². The van der Waals surface area contributed by atoms with Gasteiger partial charge in [0, 0.05) is 25.1 Å². The summed E-state index contributed by atoms with van der Waals surface area (Å²) < 4.78 is 5.68. The van der Waals surface area contributed by atoms with Crippen LogP contribution in [0.2, 0.25) is 0 Å². The number of guanidine groups is 1. The van der Waals surface area contributed by atoms with Crippen LogP contribution >= 0.6 is 11.3 Å². The molecule has 1 aliphatic rings. The molecule has 24 heavy (non-hydrogen) atoms. The second kappa shape index (κ2) is 7.02. The van der Waals surface area contributed by atoms with E-state index in [2.05, 4.69) is 36.4 Å². The highest BCUT2D eigenvalue weighted by Gasteiger charge is 2.58. The maximum absolute atomic E-state index is 10.6. The zero-order valence-corrected chi connectivity index (χ0v) is 16.5. The van der Waals surface area contributed by atoms with Gasteiger partial charge in [-0.1, -0.05) is 13.8 Å². The molecule has 1 saturated carbocycles. The average molecular weight is 354 g/mol. The van der Waals surface area contributed by atoms with Crippen molar-refractivity contribution in [3.8, 4) is 0 Å². The molecule has 1 aromatic heterocycles. The highest BCUT2D eigenvalue weighted by atomic mass is 32.1. The molecule has 1 heterocycles. The van der Waals surface area contributed by atoms with E-state index in [1.54, 1.807) is 25.4 Å². The summed E-state index contributed by atoms with van der Waals surface area (Å²) in [6.07, 6.45) is 0.932. The largest absolute Gasteiger partial charge is 0.383 e. The van der Waals surface area contributed by atoms with Gasteiger partial charge in [0.05, 0.1) is 12.1 Å². The van der Waals surface area contributed by atoms with E-state index in [0.29, 0.717) is 6.54 Å². The van der Waals surface area contributed by atoms with E-state index < -0.39 is 5.60 Å². The van der Waals surface area contributed by atoms with Crippen LogP contribution in [0.1, 0.15) is 46.6 Å². The van der Waals surface area contributed by atoms with Gasteiger partial charge >= 0.3 is 0 Å². The molecule has 0 spiro atoms.